The number of aliphatic hydroxyl groups excluding tert-OH is 1. The number of hydrogen-bond donors (Lipinski definition) is 8. The predicted molar refractivity (Wildman–Crippen MR) is 193 cm³/mol. The van der Waals surface area contributed by atoms with Crippen LogP contribution in [0.1, 0.15) is 35.1 Å². The second-order valence-electron chi connectivity index (χ2n) is 11.9. The monoisotopic (exact) mass is 684 g/mol. The molecule has 0 aromatic heterocycles. The van der Waals surface area contributed by atoms with Crippen LogP contribution in [-0.2, 0) is 29.2 Å². The number of carboxylic acids is 1. The molecule has 4 aromatic carbocycles. The molecule has 9 N–H and O–H groups in total. The number of ether oxygens (including phenoxy) is 1. The molecule has 12 heteroatoms. The Morgan fingerprint density at radius 3 is 2.47 bits per heavy atom. The molecule has 256 valence electrons. The molecule has 1 saturated heterocycles. The molecule has 1 aliphatic rings. The van der Waals surface area contributed by atoms with Crippen molar-refractivity contribution in [2.24, 2.45) is 0 Å². The fourth-order valence-electron chi connectivity index (χ4n) is 5.92. The predicted octanol–water partition coefficient (Wildman–Crippen LogP) is 4.78. The fourth-order valence-corrected chi connectivity index (χ4v) is 6.25. The van der Waals surface area contributed by atoms with Gasteiger partial charge in [0.2, 0.25) is 5.91 Å². The first-order valence-electron chi connectivity index (χ1n) is 16.0. The number of amides is 1. The van der Waals surface area contributed by atoms with Crippen LogP contribution in [0, 0.1) is 5.41 Å². The number of benzene rings is 4. The minimum absolute atomic E-state index is 0.115. The van der Waals surface area contributed by atoms with Gasteiger partial charge >= 0.3 is 5.97 Å². The number of nitrogens with one attached hydrogen (secondary N) is 5. The van der Waals surface area contributed by atoms with E-state index in [-0.39, 0.29) is 18.5 Å². The summed E-state index contributed by atoms with van der Waals surface area (Å²) in [5, 5.41) is 40.0. The molecule has 0 radical (unpaired) electrons. The van der Waals surface area contributed by atoms with Crippen LogP contribution in [0.5, 0.6) is 5.75 Å². The molecule has 0 spiro atoms. The van der Waals surface area contributed by atoms with E-state index >= 15 is 0 Å². The number of carboxylic acid groups (broad SMARTS) is 1. The molecular weight excluding hydrogens is 644 g/mol. The van der Waals surface area contributed by atoms with Gasteiger partial charge in [-0.05, 0) is 46.9 Å². The van der Waals surface area contributed by atoms with Crippen molar-refractivity contribution < 1.29 is 24.5 Å². The second-order valence-corrected chi connectivity index (χ2v) is 12.3. The molecule has 1 heterocycles. The molecule has 49 heavy (non-hydrogen) atoms. The van der Waals surface area contributed by atoms with Gasteiger partial charge in [-0.2, -0.15) is 0 Å². The van der Waals surface area contributed by atoms with Gasteiger partial charge in [-0.25, -0.2) is 0 Å². The number of halogens is 1. The minimum atomic E-state index is -1.15. The van der Waals surface area contributed by atoms with Gasteiger partial charge in [0, 0.05) is 78.5 Å². The Morgan fingerprint density at radius 1 is 1.06 bits per heavy atom. The van der Waals surface area contributed by atoms with E-state index in [9.17, 15) is 19.8 Å². The van der Waals surface area contributed by atoms with Crippen LogP contribution in [0.4, 0.5) is 11.4 Å². The van der Waals surface area contributed by atoms with Gasteiger partial charge in [0.1, 0.15) is 11.8 Å². The summed E-state index contributed by atoms with van der Waals surface area (Å²) in [6.07, 6.45) is 2.76. The van der Waals surface area contributed by atoms with Crippen LogP contribution in [0.2, 0.25) is 5.02 Å². The van der Waals surface area contributed by atoms with Gasteiger partial charge in [-0.1, -0.05) is 66.2 Å². The molecular formula is C37H41ClN6O5. The van der Waals surface area contributed by atoms with Crippen LogP contribution in [0.25, 0.3) is 22.3 Å². The summed E-state index contributed by atoms with van der Waals surface area (Å²) >= 11 is 7.06. The van der Waals surface area contributed by atoms with Gasteiger partial charge in [0.15, 0.2) is 0 Å². The summed E-state index contributed by atoms with van der Waals surface area (Å²) < 4.78 is 5.55. The van der Waals surface area contributed by atoms with E-state index in [2.05, 4.69) is 33.4 Å². The number of carbonyl (C=O) groups excluding carboxylic acids is 1. The summed E-state index contributed by atoms with van der Waals surface area (Å²) in [5.41, 5.74) is 14.2. The highest BCUT2D eigenvalue weighted by Crippen LogP contribution is 2.39. The van der Waals surface area contributed by atoms with Crippen LogP contribution < -0.4 is 31.7 Å². The van der Waals surface area contributed by atoms with Crippen molar-refractivity contribution in [2.45, 2.75) is 44.6 Å². The van der Waals surface area contributed by atoms with E-state index in [1.807, 2.05) is 48.5 Å². The van der Waals surface area contributed by atoms with E-state index in [4.69, 9.17) is 27.5 Å². The Labute approximate surface area is 290 Å². The van der Waals surface area contributed by atoms with E-state index in [1.165, 1.54) is 13.3 Å². The number of nitrogen functional groups attached to an aromatic ring is 1. The normalized spacial score (nSPS) is 14.7. The molecule has 0 unspecified atom stereocenters. The Bertz CT molecular complexity index is 1820. The number of nitrogens with two attached hydrogens (primary N) is 1. The first-order valence-corrected chi connectivity index (χ1v) is 16.4. The van der Waals surface area contributed by atoms with Gasteiger partial charge in [-0.3, -0.25) is 14.9 Å². The van der Waals surface area contributed by atoms with Crippen molar-refractivity contribution >= 4 is 41.1 Å². The molecule has 0 bridgehead atoms. The van der Waals surface area contributed by atoms with E-state index in [0.717, 1.165) is 52.0 Å². The van der Waals surface area contributed by atoms with Crippen LogP contribution in [0.3, 0.4) is 0 Å². The molecule has 2 atom stereocenters. The largest absolute Gasteiger partial charge is 0.496 e. The Hall–Kier alpha value is -4.94. The molecule has 1 amide bonds. The van der Waals surface area contributed by atoms with Gasteiger partial charge in [-0.15, -0.1) is 0 Å². The first kappa shape index (κ1) is 35.4. The third-order valence-corrected chi connectivity index (χ3v) is 9.05. The number of aliphatic hydroxyl groups is 1. The standard InChI is InChI=1S/C37H41ClN6O5/c1-49-34-15-24(31(40)14-25(34)19-43-33(21-45)37(47)48)18-42-32-7-3-5-28(30(32)16-39)29-6-2-4-27(36(29)38)23-10-8-22(9-11-23)17-41-20-26-12-13-35(46)44-26/h2-11,14-16,26,33,39,41-43,45H,12-13,17-21,40H2,1H3,(H,44,46)(H,47,48)/t26-,33-/m0/s1. The quantitative estimate of drug-likeness (QED) is 0.0609. The lowest BCUT2D eigenvalue weighted by Gasteiger charge is -2.18. The maximum absolute atomic E-state index is 11.4. The van der Waals surface area contributed by atoms with E-state index in [0.29, 0.717) is 47.1 Å². The number of rotatable bonds is 16. The molecule has 11 nitrogen and oxygen atoms in total. The highest BCUT2D eigenvalue weighted by molar-refractivity contribution is 6.36. The third kappa shape index (κ3) is 8.57. The number of hydrogen-bond acceptors (Lipinski definition) is 9. The Morgan fingerprint density at radius 2 is 1.80 bits per heavy atom. The Balaban J connectivity index is 1.30. The van der Waals surface area contributed by atoms with Crippen LogP contribution in [-0.4, -0.2) is 60.6 Å². The van der Waals surface area contributed by atoms with Crippen molar-refractivity contribution in [3.8, 4) is 28.0 Å². The highest BCUT2D eigenvalue weighted by Gasteiger charge is 2.20. The van der Waals surface area contributed by atoms with Crippen LogP contribution >= 0.6 is 11.6 Å². The minimum Gasteiger partial charge on any atom is -0.496 e. The number of anilines is 2. The maximum Gasteiger partial charge on any atom is 0.323 e. The van der Waals surface area contributed by atoms with Crippen molar-refractivity contribution in [3.63, 3.8) is 0 Å². The van der Waals surface area contributed by atoms with E-state index < -0.39 is 18.6 Å². The van der Waals surface area contributed by atoms with E-state index in [1.54, 1.807) is 12.1 Å². The second kappa shape index (κ2) is 16.4. The molecule has 4 aromatic rings. The Kier molecular flexibility index (Phi) is 11.9. The topological polar surface area (TPSA) is 182 Å². The zero-order valence-electron chi connectivity index (χ0n) is 27.2. The van der Waals surface area contributed by atoms with Gasteiger partial charge in [0.05, 0.1) is 18.7 Å². The van der Waals surface area contributed by atoms with Crippen molar-refractivity contribution in [1.29, 1.82) is 5.41 Å². The zero-order chi connectivity index (χ0) is 34.9. The summed E-state index contributed by atoms with van der Waals surface area (Å²) in [4.78, 5) is 22.7. The lowest BCUT2D eigenvalue weighted by Crippen LogP contribution is -2.39. The van der Waals surface area contributed by atoms with Gasteiger partial charge < -0.3 is 42.0 Å². The zero-order valence-corrected chi connectivity index (χ0v) is 27.9. The first-order chi connectivity index (χ1) is 23.7. The molecule has 5 rings (SSSR count). The lowest BCUT2D eigenvalue weighted by molar-refractivity contribution is -0.140. The van der Waals surface area contributed by atoms with Crippen molar-refractivity contribution in [3.05, 3.63) is 100 Å². The SMILES string of the molecule is COc1cc(CNc2cccc(-c3cccc(-c4ccc(CNC[C@@H]5CCC(=O)N5)cc4)c3Cl)c2C=N)c(N)cc1CN[C@@H](CO)C(=O)O. The maximum atomic E-state index is 11.4. The average molecular weight is 685 g/mol. The molecule has 1 aliphatic heterocycles. The number of aliphatic carboxylic acids is 1. The highest BCUT2D eigenvalue weighted by atomic mass is 35.5. The van der Waals surface area contributed by atoms with Crippen LogP contribution in [0.15, 0.2) is 72.8 Å². The summed E-state index contributed by atoms with van der Waals surface area (Å²) in [6.45, 7) is 1.36. The summed E-state index contributed by atoms with van der Waals surface area (Å²) in [7, 11) is 1.52. The number of methoxy groups -OCH3 is 1. The van der Waals surface area contributed by atoms with Crippen molar-refractivity contribution in [2.75, 3.05) is 31.3 Å². The van der Waals surface area contributed by atoms with Crippen molar-refractivity contribution in [1.82, 2.24) is 16.0 Å². The number of carbonyl (C=O) groups is 2. The fraction of sp³-hybridized carbons (Fsp3) is 0.270. The molecule has 0 aliphatic carbocycles. The van der Waals surface area contributed by atoms with Gasteiger partial charge in [0.25, 0.3) is 0 Å². The lowest BCUT2D eigenvalue weighted by atomic mass is 9.94. The smallest absolute Gasteiger partial charge is 0.323 e. The summed E-state index contributed by atoms with van der Waals surface area (Å²) in [6, 6.07) is 22.4. The third-order valence-electron chi connectivity index (χ3n) is 8.64. The summed E-state index contributed by atoms with van der Waals surface area (Å²) in [5.74, 6) is -0.517. The molecule has 1 fully saturated rings. The average Bonchev–Trinajstić information content (AvgIpc) is 3.52. The molecule has 0 saturated carbocycles.